The molecule has 0 heterocycles. The van der Waals surface area contributed by atoms with E-state index in [2.05, 4.69) is 65.0 Å². The van der Waals surface area contributed by atoms with E-state index in [-0.39, 0.29) is 5.41 Å². The number of hydrogen-bond donors (Lipinski definition) is 0. The third-order valence-corrected chi connectivity index (χ3v) is 3.82. The van der Waals surface area contributed by atoms with E-state index in [9.17, 15) is 0 Å². The fourth-order valence-corrected chi connectivity index (χ4v) is 2.53. The summed E-state index contributed by atoms with van der Waals surface area (Å²) in [7, 11) is 1.76. The van der Waals surface area contributed by atoms with Crippen molar-refractivity contribution in [2.75, 3.05) is 7.11 Å². The second-order valence-electron chi connectivity index (χ2n) is 6.43. The Morgan fingerprint density at radius 3 is 2.35 bits per heavy atom. The number of rotatable bonds is 6. The molecule has 1 nitrogen and oxygen atoms in total. The summed E-state index contributed by atoms with van der Waals surface area (Å²) in [5.74, 6) is 1.60. The first-order chi connectivity index (χ1) is 9.43. The third-order valence-electron chi connectivity index (χ3n) is 3.82. The Morgan fingerprint density at radius 2 is 1.85 bits per heavy atom. The van der Waals surface area contributed by atoms with E-state index < -0.39 is 0 Å². The van der Waals surface area contributed by atoms with E-state index in [1.165, 1.54) is 17.5 Å². The molecule has 1 atom stereocenters. The van der Waals surface area contributed by atoms with Crippen molar-refractivity contribution >= 4 is 0 Å². The van der Waals surface area contributed by atoms with Crippen LogP contribution in [-0.2, 0) is 5.41 Å². The van der Waals surface area contributed by atoms with Crippen LogP contribution in [0.1, 0.15) is 70.9 Å². The number of methoxy groups -OCH3 is 1. The predicted octanol–water partition coefficient (Wildman–Crippen LogP) is 5.84. The molecule has 0 aromatic heterocycles. The Morgan fingerprint density at radius 1 is 1.15 bits per heavy atom. The Bertz CT molecular complexity index is 438. The van der Waals surface area contributed by atoms with Gasteiger partial charge in [0, 0.05) is 0 Å². The minimum atomic E-state index is 0.110. The molecule has 0 aliphatic rings. The van der Waals surface area contributed by atoms with Crippen LogP contribution in [0.15, 0.2) is 30.4 Å². The van der Waals surface area contributed by atoms with Gasteiger partial charge >= 0.3 is 0 Å². The number of hydrogen-bond acceptors (Lipinski definition) is 1. The second-order valence-corrected chi connectivity index (χ2v) is 6.43. The Kier molecular flexibility index (Phi) is 6.32. The molecule has 0 aliphatic heterocycles. The fraction of sp³-hybridized carbons (Fsp3) is 0.579. The molecule has 0 N–H and O–H groups in total. The maximum absolute atomic E-state index is 5.52. The van der Waals surface area contributed by atoms with E-state index in [1.807, 2.05) is 0 Å². The Labute approximate surface area is 125 Å². The number of allylic oxidation sites excluding steroid dienone is 2. The van der Waals surface area contributed by atoms with E-state index in [0.717, 1.165) is 18.6 Å². The molecule has 0 amide bonds. The molecule has 112 valence electrons. The van der Waals surface area contributed by atoms with Crippen LogP contribution in [0.4, 0.5) is 0 Å². The van der Waals surface area contributed by atoms with E-state index in [0.29, 0.717) is 5.92 Å². The Hall–Kier alpha value is -1.24. The molecule has 20 heavy (non-hydrogen) atoms. The van der Waals surface area contributed by atoms with Gasteiger partial charge in [-0.2, -0.15) is 0 Å². The zero-order valence-corrected chi connectivity index (χ0v) is 14.0. The van der Waals surface area contributed by atoms with Crippen molar-refractivity contribution in [1.29, 1.82) is 0 Å². The maximum atomic E-state index is 5.52. The van der Waals surface area contributed by atoms with Crippen LogP contribution in [0.3, 0.4) is 0 Å². The summed E-state index contributed by atoms with van der Waals surface area (Å²) >= 11 is 0. The summed E-state index contributed by atoms with van der Waals surface area (Å²) in [6.45, 7) is 11.2. The van der Waals surface area contributed by atoms with Crippen molar-refractivity contribution in [3.05, 3.63) is 41.5 Å². The molecule has 0 spiro atoms. The van der Waals surface area contributed by atoms with Gasteiger partial charge in [0.2, 0.25) is 0 Å². The molecule has 1 unspecified atom stereocenters. The Balaban J connectivity index is 3.09. The van der Waals surface area contributed by atoms with Crippen LogP contribution in [-0.4, -0.2) is 7.11 Å². The molecular formula is C19H30O. The predicted molar refractivity (Wildman–Crippen MR) is 88.8 cm³/mol. The number of ether oxygens (including phenoxy) is 1. The van der Waals surface area contributed by atoms with Gasteiger partial charge in [-0.3, -0.25) is 0 Å². The second kappa shape index (κ2) is 7.52. The third kappa shape index (κ3) is 4.40. The molecule has 0 saturated carbocycles. The first-order valence-corrected chi connectivity index (χ1v) is 7.77. The minimum Gasteiger partial charge on any atom is -0.496 e. The number of benzene rings is 1. The standard InChI is InChI=1S/C19H30O/c1-7-9-10-11-15(8-2)16-12-13-18(20-6)17(14-16)19(3,4)5/h9-10,12-15H,7-8,11H2,1-6H3/b10-9-. The smallest absolute Gasteiger partial charge is 0.122 e. The van der Waals surface area contributed by atoms with Crippen molar-refractivity contribution < 1.29 is 4.74 Å². The summed E-state index contributed by atoms with van der Waals surface area (Å²) in [5, 5.41) is 0. The molecule has 1 heteroatoms. The first kappa shape index (κ1) is 16.8. The van der Waals surface area contributed by atoms with Gasteiger partial charge in [0.05, 0.1) is 7.11 Å². The molecule has 0 radical (unpaired) electrons. The average Bonchev–Trinajstić information content (AvgIpc) is 2.42. The van der Waals surface area contributed by atoms with E-state index in [1.54, 1.807) is 7.11 Å². The van der Waals surface area contributed by atoms with E-state index >= 15 is 0 Å². The van der Waals surface area contributed by atoms with Crippen molar-refractivity contribution in [1.82, 2.24) is 0 Å². The van der Waals surface area contributed by atoms with Crippen LogP contribution in [0.5, 0.6) is 5.75 Å². The summed E-state index contributed by atoms with van der Waals surface area (Å²) in [6, 6.07) is 6.69. The minimum absolute atomic E-state index is 0.110. The van der Waals surface area contributed by atoms with Gasteiger partial charge in [-0.15, -0.1) is 0 Å². The lowest BCUT2D eigenvalue weighted by Crippen LogP contribution is -2.14. The van der Waals surface area contributed by atoms with Crippen LogP contribution < -0.4 is 4.74 Å². The fourth-order valence-electron chi connectivity index (χ4n) is 2.53. The maximum Gasteiger partial charge on any atom is 0.122 e. The quantitative estimate of drug-likeness (QED) is 0.592. The van der Waals surface area contributed by atoms with Gasteiger partial charge in [-0.25, -0.2) is 0 Å². The zero-order chi connectivity index (χ0) is 15.2. The van der Waals surface area contributed by atoms with Crippen LogP contribution >= 0.6 is 0 Å². The van der Waals surface area contributed by atoms with Crippen molar-refractivity contribution in [2.24, 2.45) is 0 Å². The van der Waals surface area contributed by atoms with Crippen LogP contribution in [0, 0.1) is 0 Å². The van der Waals surface area contributed by atoms with Crippen LogP contribution in [0.2, 0.25) is 0 Å². The van der Waals surface area contributed by atoms with Crippen molar-refractivity contribution in [3.8, 4) is 5.75 Å². The normalized spacial score (nSPS) is 13.7. The van der Waals surface area contributed by atoms with Gasteiger partial charge in [-0.1, -0.05) is 58.9 Å². The summed E-state index contributed by atoms with van der Waals surface area (Å²) in [6.07, 6.45) is 7.99. The zero-order valence-electron chi connectivity index (χ0n) is 14.0. The monoisotopic (exact) mass is 274 g/mol. The van der Waals surface area contributed by atoms with Crippen LogP contribution in [0.25, 0.3) is 0 Å². The van der Waals surface area contributed by atoms with Gasteiger partial charge in [-0.05, 0) is 47.8 Å². The molecule has 0 fully saturated rings. The molecule has 1 rings (SSSR count). The lowest BCUT2D eigenvalue weighted by molar-refractivity contribution is 0.397. The molecule has 1 aromatic carbocycles. The summed E-state index contributed by atoms with van der Waals surface area (Å²) in [4.78, 5) is 0. The SMILES string of the molecule is CC/C=C\CC(CC)c1ccc(OC)c(C(C)(C)C)c1. The highest BCUT2D eigenvalue weighted by molar-refractivity contribution is 5.42. The molecule has 0 bridgehead atoms. The molecule has 1 aromatic rings. The average molecular weight is 274 g/mol. The highest BCUT2D eigenvalue weighted by Gasteiger charge is 2.20. The largest absolute Gasteiger partial charge is 0.496 e. The molecular weight excluding hydrogens is 244 g/mol. The first-order valence-electron chi connectivity index (χ1n) is 7.77. The lowest BCUT2D eigenvalue weighted by Gasteiger charge is -2.24. The molecule has 0 saturated heterocycles. The van der Waals surface area contributed by atoms with Gasteiger partial charge < -0.3 is 4.74 Å². The van der Waals surface area contributed by atoms with Gasteiger partial charge in [0.25, 0.3) is 0 Å². The topological polar surface area (TPSA) is 9.23 Å². The van der Waals surface area contributed by atoms with E-state index in [4.69, 9.17) is 4.74 Å². The van der Waals surface area contributed by atoms with Crippen molar-refractivity contribution in [3.63, 3.8) is 0 Å². The summed E-state index contributed by atoms with van der Waals surface area (Å²) < 4.78 is 5.52. The lowest BCUT2D eigenvalue weighted by atomic mass is 9.82. The highest BCUT2D eigenvalue weighted by atomic mass is 16.5. The highest BCUT2D eigenvalue weighted by Crippen LogP contribution is 2.35. The van der Waals surface area contributed by atoms with Gasteiger partial charge in [0.1, 0.15) is 5.75 Å². The van der Waals surface area contributed by atoms with Gasteiger partial charge in [0.15, 0.2) is 0 Å². The van der Waals surface area contributed by atoms with Crippen molar-refractivity contribution in [2.45, 2.75) is 65.2 Å². The summed E-state index contributed by atoms with van der Waals surface area (Å²) in [5.41, 5.74) is 2.84. The molecule has 0 aliphatic carbocycles.